The Morgan fingerprint density at radius 2 is 1.67 bits per heavy atom. The second-order valence-corrected chi connectivity index (χ2v) is 10.6. The maximum Gasteiger partial charge on any atom is 0.337 e. The van der Waals surface area contributed by atoms with Crippen LogP contribution in [0, 0.1) is 0 Å². The highest BCUT2D eigenvalue weighted by atomic mass is 32.2. The van der Waals surface area contributed by atoms with Crippen molar-refractivity contribution in [2.24, 2.45) is 0 Å². The summed E-state index contributed by atoms with van der Waals surface area (Å²) in [5.74, 6) is -4.61. The first-order valence-electron chi connectivity index (χ1n) is 8.62. The van der Waals surface area contributed by atoms with Crippen molar-refractivity contribution in [3.05, 3.63) is 59.2 Å². The number of carbonyl (C=O) groups is 1. The maximum absolute atomic E-state index is 12.5. The number of rotatable bonds is 8. The summed E-state index contributed by atoms with van der Waals surface area (Å²) >= 11 is 0. The zero-order chi connectivity index (χ0) is 22.7. The van der Waals surface area contributed by atoms with Gasteiger partial charge in [0, 0.05) is 11.8 Å². The zero-order valence-corrected chi connectivity index (χ0v) is 18.1. The first-order chi connectivity index (χ1) is 13.8. The predicted octanol–water partition coefficient (Wildman–Crippen LogP) is 2.73. The predicted molar refractivity (Wildman–Crippen MR) is 107 cm³/mol. The lowest BCUT2D eigenvalue weighted by molar-refractivity contribution is 0.0939. The molecule has 0 saturated carbocycles. The van der Waals surface area contributed by atoms with Crippen molar-refractivity contribution in [2.45, 2.75) is 29.4 Å². The van der Waals surface area contributed by atoms with Gasteiger partial charge in [-0.05, 0) is 42.3 Å². The van der Waals surface area contributed by atoms with Crippen LogP contribution in [-0.4, -0.2) is 41.9 Å². The van der Waals surface area contributed by atoms with Gasteiger partial charge in [0.15, 0.2) is 9.84 Å². The first-order valence-corrected chi connectivity index (χ1v) is 12.2. The summed E-state index contributed by atoms with van der Waals surface area (Å²) in [4.78, 5) is 12.5. The molecule has 2 aromatic rings. The van der Waals surface area contributed by atoms with Crippen LogP contribution in [-0.2, 0) is 25.4 Å². The Morgan fingerprint density at radius 1 is 1.07 bits per heavy atom. The zero-order valence-electron chi connectivity index (χ0n) is 16.4. The van der Waals surface area contributed by atoms with Crippen LogP contribution >= 0.6 is 0 Å². The summed E-state index contributed by atoms with van der Waals surface area (Å²) in [6.45, 7) is 1.69. The Labute approximate surface area is 173 Å². The van der Waals surface area contributed by atoms with Gasteiger partial charge in [-0.2, -0.15) is 8.78 Å². The standard InChI is InChI=1S/C19H21F2NO6S2/c1-12(15-8-9-17(29(3,24)25)16(10-15)28-2)22-18(23)14-6-4-13(5-7-14)11-30(26,27)19(20)21/h4-10,12,19H,11H2,1-3H3,(H,22,23). The van der Waals surface area contributed by atoms with E-state index < -0.39 is 43.1 Å². The molecule has 0 aliphatic rings. The van der Waals surface area contributed by atoms with Gasteiger partial charge >= 0.3 is 5.76 Å². The van der Waals surface area contributed by atoms with Crippen LogP contribution in [0.5, 0.6) is 5.75 Å². The Kier molecular flexibility index (Phi) is 7.19. The van der Waals surface area contributed by atoms with Crippen LogP contribution in [0.3, 0.4) is 0 Å². The molecule has 11 heteroatoms. The summed E-state index contributed by atoms with van der Waals surface area (Å²) in [5.41, 5.74) is 0.952. The monoisotopic (exact) mass is 461 g/mol. The molecule has 0 heterocycles. The second-order valence-electron chi connectivity index (χ2n) is 6.64. The van der Waals surface area contributed by atoms with Crippen molar-refractivity contribution in [3.8, 4) is 5.75 Å². The molecule has 7 nitrogen and oxygen atoms in total. The Morgan fingerprint density at radius 3 is 2.17 bits per heavy atom. The number of nitrogens with one attached hydrogen (secondary N) is 1. The van der Waals surface area contributed by atoms with Crippen LogP contribution in [0.15, 0.2) is 47.4 Å². The lowest BCUT2D eigenvalue weighted by Gasteiger charge is -2.17. The van der Waals surface area contributed by atoms with Crippen LogP contribution in [0.4, 0.5) is 8.78 Å². The number of amides is 1. The fourth-order valence-corrected chi connectivity index (χ4v) is 4.28. The van der Waals surface area contributed by atoms with Crippen molar-refractivity contribution in [3.63, 3.8) is 0 Å². The van der Waals surface area contributed by atoms with E-state index in [0.717, 1.165) is 6.26 Å². The van der Waals surface area contributed by atoms with E-state index in [-0.39, 0.29) is 21.8 Å². The molecular weight excluding hydrogens is 440 g/mol. The van der Waals surface area contributed by atoms with Crippen LogP contribution < -0.4 is 10.1 Å². The minimum Gasteiger partial charge on any atom is -0.495 e. The highest BCUT2D eigenvalue weighted by molar-refractivity contribution is 7.91. The molecular formula is C19H21F2NO6S2. The van der Waals surface area contributed by atoms with E-state index in [1.165, 1.54) is 43.5 Å². The largest absolute Gasteiger partial charge is 0.495 e. The molecule has 0 aromatic heterocycles. The van der Waals surface area contributed by atoms with Crippen molar-refractivity contribution in [1.29, 1.82) is 0 Å². The Hall–Kier alpha value is -2.53. The highest BCUT2D eigenvalue weighted by Gasteiger charge is 2.24. The first kappa shape index (κ1) is 23.7. The molecule has 0 bridgehead atoms. The fraction of sp³-hybridized carbons (Fsp3) is 0.316. The van der Waals surface area contributed by atoms with Gasteiger partial charge < -0.3 is 10.1 Å². The van der Waals surface area contributed by atoms with E-state index >= 15 is 0 Å². The van der Waals surface area contributed by atoms with E-state index in [9.17, 15) is 30.4 Å². The average Bonchev–Trinajstić information content (AvgIpc) is 2.66. The van der Waals surface area contributed by atoms with E-state index in [4.69, 9.17) is 4.74 Å². The third-order valence-electron chi connectivity index (χ3n) is 4.29. The topological polar surface area (TPSA) is 107 Å². The molecule has 0 radical (unpaired) electrons. The molecule has 164 valence electrons. The normalized spacial score (nSPS) is 13.1. The van der Waals surface area contributed by atoms with Crippen LogP contribution in [0.25, 0.3) is 0 Å². The number of alkyl halides is 2. The van der Waals surface area contributed by atoms with E-state index in [1.54, 1.807) is 13.0 Å². The number of methoxy groups -OCH3 is 1. The molecule has 1 N–H and O–H groups in total. The lowest BCUT2D eigenvalue weighted by Crippen LogP contribution is -2.26. The highest BCUT2D eigenvalue weighted by Crippen LogP contribution is 2.27. The molecule has 0 aliphatic carbocycles. The Bertz CT molecular complexity index is 1130. The van der Waals surface area contributed by atoms with E-state index in [2.05, 4.69) is 5.32 Å². The molecule has 1 atom stereocenters. The minimum atomic E-state index is -4.55. The molecule has 1 amide bonds. The summed E-state index contributed by atoms with van der Waals surface area (Å²) in [7, 11) is -6.69. The summed E-state index contributed by atoms with van der Waals surface area (Å²) in [6, 6.07) is 9.23. The molecule has 0 saturated heterocycles. The molecule has 0 fully saturated rings. The molecule has 1 unspecified atom stereocenters. The van der Waals surface area contributed by atoms with Crippen LogP contribution in [0.1, 0.15) is 34.5 Å². The van der Waals surface area contributed by atoms with Crippen molar-refractivity contribution in [1.82, 2.24) is 5.32 Å². The number of halogens is 2. The average molecular weight is 462 g/mol. The SMILES string of the molecule is COc1cc(C(C)NC(=O)c2ccc(CS(=O)(=O)C(F)F)cc2)ccc1S(C)(=O)=O. The van der Waals surface area contributed by atoms with Gasteiger partial charge in [0.2, 0.25) is 9.84 Å². The number of carbonyl (C=O) groups excluding carboxylic acids is 1. The van der Waals surface area contributed by atoms with Gasteiger partial charge in [0.05, 0.1) is 18.9 Å². The maximum atomic E-state index is 12.5. The molecule has 30 heavy (non-hydrogen) atoms. The fourth-order valence-electron chi connectivity index (χ4n) is 2.67. The van der Waals surface area contributed by atoms with Gasteiger partial charge in [0.25, 0.3) is 5.91 Å². The van der Waals surface area contributed by atoms with Crippen molar-refractivity contribution in [2.75, 3.05) is 13.4 Å². The summed E-state index contributed by atoms with van der Waals surface area (Å²) in [6.07, 6.45) is 1.06. The van der Waals surface area contributed by atoms with Gasteiger partial charge in [-0.15, -0.1) is 0 Å². The summed E-state index contributed by atoms with van der Waals surface area (Å²) < 4.78 is 76.2. The molecule has 2 rings (SSSR count). The quantitative estimate of drug-likeness (QED) is 0.648. The van der Waals surface area contributed by atoms with Gasteiger partial charge in [-0.25, -0.2) is 16.8 Å². The number of benzene rings is 2. The Balaban J connectivity index is 2.14. The number of ether oxygens (including phenoxy) is 1. The van der Waals surface area contributed by atoms with Crippen molar-refractivity contribution >= 4 is 25.6 Å². The lowest BCUT2D eigenvalue weighted by atomic mass is 10.1. The van der Waals surface area contributed by atoms with E-state index in [1.807, 2.05) is 0 Å². The number of sulfone groups is 2. The second kappa shape index (κ2) is 9.09. The van der Waals surface area contributed by atoms with Crippen molar-refractivity contribution < 1.29 is 35.1 Å². The molecule has 0 aliphatic heterocycles. The number of hydrogen-bond acceptors (Lipinski definition) is 6. The van der Waals surface area contributed by atoms with Gasteiger partial charge in [0.1, 0.15) is 10.6 Å². The number of hydrogen-bond donors (Lipinski definition) is 1. The van der Waals surface area contributed by atoms with E-state index in [0.29, 0.717) is 5.56 Å². The molecule has 2 aromatic carbocycles. The third kappa shape index (κ3) is 5.76. The van der Waals surface area contributed by atoms with Gasteiger partial charge in [-0.1, -0.05) is 18.2 Å². The smallest absolute Gasteiger partial charge is 0.337 e. The van der Waals surface area contributed by atoms with Crippen LogP contribution in [0.2, 0.25) is 0 Å². The van der Waals surface area contributed by atoms with Gasteiger partial charge in [-0.3, -0.25) is 4.79 Å². The minimum absolute atomic E-state index is 0.0293. The third-order valence-corrected chi connectivity index (χ3v) is 6.71. The molecule has 0 spiro atoms. The summed E-state index contributed by atoms with van der Waals surface area (Å²) in [5, 5.41) is 2.73.